The number of ketones is 1. The number of carbonyl (C=O) groups is 1. The molecular formula is C32H56O3. The van der Waals surface area contributed by atoms with Gasteiger partial charge in [0.2, 0.25) is 0 Å². The van der Waals surface area contributed by atoms with Crippen LogP contribution in [0.15, 0.2) is 0 Å². The number of carbonyl (C=O) groups excluding carboxylic acids is 1. The summed E-state index contributed by atoms with van der Waals surface area (Å²) in [5.41, 5.74) is 0.875. The third kappa shape index (κ3) is 5.43. The van der Waals surface area contributed by atoms with E-state index in [0.717, 1.165) is 42.6 Å². The highest BCUT2D eigenvalue weighted by Gasteiger charge is 2.70. The predicted molar refractivity (Wildman–Crippen MR) is 144 cm³/mol. The second-order valence-electron chi connectivity index (χ2n) is 17.1. The van der Waals surface area contributed by atoms with E-state index in [0.29, 0.717) is 5.41 Å². The van der Waals surface area contributed by atoms with Crippen molar-refractivity contribution in [2.45, 2.75) is 133 Å². The van der Waals surface area contributed by atoms with Crippen LogP contribution >= 0.6 is 0 Å². The molecule has 4 aliphatic carbocycles. The molecule has 7 unspecified atom stereocenters. The second kappa shape index (κ2) is 8.82. The van der Waals surface area contributed by atoms with Gasteiger partial charge in [-0.3, -0.25) is 4.79 Å². The molecule has 202 valence electrons. The minimum Gasteiger partial charge on any atom is -0.353 e. The second-order valence-corrected chi connectivity index (χ2v) is 17.1. The first-order chi connectivity index (χ1) is 15.9. The molecule has 4 aliphatic rings. The monoisotopic (exact) mass is 488 g/mol. The quantitative estimate of drug-likeness (QED) is 0.289. The maximum atomic E-state index is 13.6. The highest BCUT2D eigenvalue weighted by molar-refractivity contribution is 5.86. The molecule has 1 spiro atoms. The molecule has 0 heterocycles. The van der Waals surface area contributed by atoms with E-state index in [1.807, 2.05) is 0 Å². The van der Waals surface area contributed by atoms with Gasteiger partial charge in [0.15, 0.2) is 12.1 Å². The summed E-state index contributed by atoms with van der Waals surface area (Å²) < 4.78 is 12.8. The fraction of sp³-hybridized carbons (Fsp3) is 0.969. The van der Waals surface area contributed by atoms with Crippen LogP contribution in [0.1, 0.15) is 127 Å². The van der Waals surface area contributed by atoms with Crippen molar-refractivity contribution in [2.24, 2.45) is 50.2 Å². The zero-order valence-electron chi connectivity index (χ0n) is 24.8. The van der Waals surface area contributed by atoms with E-state index in [1.165, 1.54) is 44.9 Å². The summed E-state index contributed by atoms with van der Waals surface area (Å²) in [5, 5.41) is 0. The van der Waals surface area contributed by atoms with E-state index in [4.69, 9.17) is 9.47 Å². The van der Waals surface area contributed by atoms with Gasteiger partial charge >= 0.3 is 0 Å². The number of ether oxygens (including phenoxy) is 2. The molecule has 0 aromatic rings. The molecule has 3 heteroatoms. The van der Waals surface area contributed by atoms with Crippen molar-refractivity contribution in [2.75, 3.05) is 13.2 Å². The number of fused-ring (bicyclic) bond motifs is 2. The Morgan fingerprint density at radius 1 is 0.857 bits per heavy atom. The Hall–Kier alpha value is -0.410. The molecule has 4 rings (SSSR count). The standard InChI is InChI=1S/C32H56O3/c1-27(2,3)18-26(35-19-25(33)30(10,29(7,8)9)20-28(4,5)6)34-12-11-31-15-22-13-23-14-24(17-31)32(23,16-22)21-31/h22-24,26H,11-21H2,1-10H3. The average Bonchev–Trinajstić information content (AvgIpc) is 2.97. The molecule has 0 aromatic carbocycles. The summed E-state index contributed by atoms with van der Waals surface area (Å²) in [6.45, 7) is 23.0. The van der Waals surface area contributed by atoms with Crippen LogP contribution < -0.4 is 0 Å². The zero-order chi connectivity index (χ0) is 26.1. The highest BCUT2D eigenvalue weighted by atomic mass is 16.7. The zero-order valence-corrected chi connectivity index (χ0v) is 24.8. The first-order valence-electron chi connectivity index (χ1n) is 14.6. The van der Waals surface area contributed by atoms with Crippen molar-refractivity contribution in [1.29, 1.82) is 0 Å². The predicted octanol–water partition coefficient (Wildman–Crippen LogP) is 8.45. The van der Waals surface area contributed by atoms with Crippen molar-refractivity contribution >= 4 is 5.78 Å². The first-order valence-corrected chi connectivity index (χ1v) is 14.6. The van der Waals surface area contributed by atoms with Gasteiger partial charge in [-0.15, -0.1) is 0 Å². The fourth-order valence-corrected chi connectivity index (χ4v) is 9.07. The van der Waals surface area contributed by atoms with E-state index < -0.39 is 5.41 Å². The van der Waals surface area contributed by atoms with Gasteiger partial charge in [0.05, 0.1) is 6.61 Å². The average molecular weight is 489 g/mol. The minimum absolute atomic E-state index is 0.0803. The van der Waals surface area contributed by atoms with Gasteiger partial charge in [0.1, 0.15) is 6.61 Å². The van der Waals surface area contributed by atoms with Crippen LogP contribution in [0.3, 0.4) is 0 Å². The molecule has 3 nitrogen and oxygen atoms in total. The van der Waals surface area contributed by atoms with Crippen molar-refractivity contribution in [1.82, 2.24) is 0 Å². The largest absolute Gasteiger partial charge is 0.353 e. The summed E-state index contributed by atoms with van der Waals surface area (Å²) in [7, 11) is 0. The van der Waals surface area contributed by atoms with Crippen molar-refractivity contribution in [3.05, 3.63) is 0 Å². The van der Waals surface area contributed by atoms with Crippen LogP contribution in [0.4, 0.5) is 0 Å². The number of rotatable bonds is 10. The lowest BCUT2D eigenvalue weighted by Gasteiger charge is -2.49. The van der Waals surface area contributed by atoms with E-state index in [2.05, 4.69) is 69.2 Å². The van der Waals surface area contributed by atoms with Gasteiger partial charge in [0.25, 0.3) is 0 Å². The van der Waals surface area contributed by atoms with Gasteiger partial charge in [-0.05, 0) is 96.2 Å². The Kier molecular flexibility index (Phi) is 6.96. The fourth-order valence-electron chi connectivity index (χ4n) is 9.07. The van der Waals surface area contributed by atoms with Crippen LogP contribution in [-0.2, 0) is 14.3 Å². The van der Waals surface area contributed by atoms with Crippen molar-refractivity contribution in [3.63, 3.8) is 0 Å². The van der Waals surface area contributed by atoms with Gasteiger partial charge in [0, 0.05) is 11.8 Å². The molecule has 4 fully saturated rings. The molecule has 0 aromatic heterocycles. The lowest BCUT2D eigenvalue weighted by Crippen LogP contribution is -2.45. The number of Topliss-reactive ketones (excluding diaryl/α,β-unsaturated/α-hetero) is 1. The molecule has 0 radical (unpaired) electrons. The Balaban J connectivity index is 1.36. The van der Waals surface area contributed by atoms with Gasteiger partial charge in [-0.25, -0.2) is 0 Å². The molecule has 0 aliphatic heterocycles. The maximum absolute atomic E-state index is 13.6. The van der Waals surface area contributed by atoms with E-state index in [9.17, 15) is 4.79 Å². The Morgan fingerprint density at radius 3 is 2.14 bits per heavy atom. The first kappa shape index (κ1) is 27.6. The smallest absolute Gasteiger partial charge is 0.164 e. The highest BCUT2D eigenvalue weighted by Crippen LogP contribution is 2.79. The van der Waals surface area contributed by atoms with Gasteiger partial charge in [-0.1, -0.05) is 69.2 Å². The molecular weight excluding hydrogens is 432 g/mol. The third-order valence-electron chi connectivity index (χ3n) is 10.9. The minimum atomic E-state index is -0.434. The SMILES string of the molecule is CC(C)(C)CC(OCCC12CC3CC4CC(C1)C4(C3)C2)OCC(=O)C(C)(CC(C)(C)C)C(C)(C)C. The molecule has 7 atom stereocenters. The molecule has 35 heavy (non-hydrogen) atoms. The maximum Gasteiger partial charge on any atom is 0.164 e. The van der Waals surface area contributed by atoms with Crippen LogP contribution in [0.5, 0.6) is 0 Å². The van der Waals surface area contributed by atoms with Crippen molar-refractivity contribution in [3.8, 4) is 0 Å². The third-order valence-corrected chi connectivity index (χ3v) is 10.9. The summed E-state index contributed by atoms with van der Waals surface area (Å²) in [6, 6.07) is 0. The van der Waals surface area contributed by atoms with E-state index >= 15 is 0 Å². The van der Waals surface area contributed by atoms with Crippen LogP contribution in [-0.4, -0.2) is 25.3 Å². The molecule has 0 N–H and O–H groups in total. The van der Waals surface area contributed by atoms with Crippen molar-refractivity contribution < 1.29 is 14.3 Å². The number of hydrogen-bond acceptors (Lipinski definition) is 3. The molecule has 3 bridgehead atoms. The van der Waals surface area contributed by atoms with Gasteiger partial charge in [-0.2, -0.15) is 0 Å². The van der Waals surface area contributed by atoms with Crippen LogP contribution in [0.25, 0.3) is 0 Å². The van der Waals surface area contributed by atoms with Crippen LogP contribution in [0.2, 0.25) is 0 Å². The molecule has 0 saturated heterocycles. The Labute approximate surface area is 216 Å². The summed E-state index contributed by atoms with van der Waals surface area (Å²) >= 11 is 0. The lowest BCUT2D eigenvalue weighted by atomic mass is 9.55. The normalized spacial score (nSPS) is 36.6. The van der Waals surface area contributed by atoms with Gasteiger partial charge < -0.3 is 9.47 Å². The van der Waals surface area contributed by atoms with E-state index in [-0.39, 0.29) is 34.9 Å². The topological polar surface area (TPSA) is 35.5 Å². The van der Waals surface area contributed by atoms with E-state index in [1.54, 1.807) is 0 Å². The summed E-state index contributed by atoms with van der Waals surface area (Å²) in [4.78, 5) is 13.6. The lowest BCUT2D eigenvalue weighted by molar-refractivity contribution is -0.177. The number of hydrogen-bond donors (Lipinski definition) is 0. The Bertz CT molecular complexity index is 791. The molecule has 4 saturated carbocycles. The Morgan fingerprint density at radius 2 is 1.54 bits per heavy atom. The summed E-state index contributed by atoms with van der Waals surface area (Å²) in [5.74, 6) is 3.26. The van der Waals surface area contributed by atoms with Crippen LogP contribution in [0, 0.1) is 50.2 Å². The summed E-state index contributed by atoms with van der Waals surface area (Å²) in [6.07, 6.45) is 11.4. The molecule has 0 amide bonds.